The van der Waals surface area contributed by atoms with Gasteiger partial charge >= 0.3 is 0 Å². The Labute approximate surface area is 165 Å². The summed E-state index contributed by atoms with van der Waals surface area (Å²) < 4.78 is 0. The molecule has 1 aliphatic carbocycles. The van der Waals surface area contributed by atoms with Crippen LogP contribution >= 0.6 is 11.8 Å². The van der Waals surface area contributed by atoms with Crippen LogP contribution in [0.2, 0.25) is 0 Å². The second kappa shape index (κ2) is 8.58. The zero-order valence-corrected chi connectivity index (χ0v) is 16.9. The molecule has 0 saturated heterocycles. The van der Waals surface area contributed by atoms with Gasteiger partial charge in [0.25, 0.3) is 0 Å². The molecule has 1 N–H and O–H groups in total. The highest BCUT2D eigenvalue weighted by Gasteiger charge is 2.23. The molecule has 2 aromatic rings. The van der Waals surface area contributed by atoms with Crippen molar-refractivity contribution in [2.24, 2.45) is 0 Å². The number of fused-ring (bicyclic) bond motifs is 1. The summed E-state index contributed by atoms with van der Waals surface area (Å²) in [4.78, 5) is 17.5. The van der Waals surface area contributed by atoms with E-state index in [0.29, 0.717) is 22.9 Å². The van der Waals surface area contributed by atoms with Crippen molar-refractivity contribution in [2.75, 3.05) is 5.32 Å². The quantitative estimate of drug-likeness (QED) is 0.711. The molecule has 1 unspecified atom stereocenters. The van der Waals surface area contributed by atoms with E-state index in [1.807, 2.05) is 37.3 Å². The number of aromatic nitrogens is 1. The van der Waals surface area contributed by atoms with Gasteiger partial charge in [0.2, 0.25) is 5.91 Å². The summed E-state index contributed by atoms with van der Waals surface area (Å²) in [5, 5.41) is 12.9. The van der Waals surface area contributed by atoms with Gasteiger partial charge in [0.05, 0.1) is 10.8 Å². The molecule has 0 spiro atoms. The molecule has 1 atom stereocenters. The first-order valence-electron chi connectivity index (χ1n) is 9.52. The molecule has 1 aromatic carbocycles. The summed E-state index contributed by atoms with van der Waals surface area (Å²) in [5.41, 5.74) is 4.88. The number of nitrogens with zero attached hydrogens (tertiary/aromatic N) is 2. The number of anilines is 1. The van der Waals surface area contributed by atoms with E-state index in [9.17, 15) is 10.1 Å². The van der Waals surface area contributed by atoms with Crippen molar-refractivity contribution in [1.82, 2.24) is 4.98 Å². The Morgan fingerprint density at radius 3 is 2.67 bits per heavy atom. The van der Waals surface area contributed by atoms with Crippen molar-refractivity contribution in [2.45, 2.75) is 62.6 Å². The molecule has 0 radical (unpaired) electrons. The van der Waals surface area contributed by atoms with Crippen LogP contribution in [0.15, 0.2) is 35.4 Å². The van der Waals surface area contributed by atoms with Crippen molar-refractivity contribution < 1.29 is 4.79 Å². The van der Waals surface area contributed by atoms with Gasteiger partial charge in [-0.3, -0.25) is 4.79 Å². The summed E-state index contributed by atoms with van der Waals surface area (Å²) in [6, 6.07) is 12.2. The maximum Gasteiger partial charge on any atom is 0.237 e. The third-order valence-electron chi connectivity index (χ3n) is 4.90. The summed E-state index contributed by atoms with van der Waals surface area (Å²) in [7, 11) is 0. The van der Waals surface area contributed by atoms with Crippen LogP contribution in [0.25, 0.3) is 0 Å². The van der Waals surface area contributed by atoms with Gasteiger partial charge in [-0.15, -0.1) is 0 Å². The Kier molecular flexibility index (Phi) is 6.18. The van der Waals surface area contributed by atoms with Crippen molar-refractivity contribution in [1.29, 1.82) is 5.26 Å². The second-order valence-corrected chi connectivity index (χ2v) is 8.38. The first kappa shape index (κ1) is 19.4. The average molecular weight is 380 g/mol. The molecule has 1 aromatic heterocycles. The van der Waals surface area contributed by atoms with Crippen LogP contribution in [0.3, 0.4) is 0 Å². The monoisotopic (exact) mass is 379 g/mol. The van der Waals surface area contributed by atoms with E-state index in [0.717, 1.165) is 30.6 Å². The Morgan fingerprint density at radius 2 is 2.04 bits per heavy atom. The molecular formula is C22H25N3OS. The zero-order valence-electron chi connectivity index (χ0n) is 16.1. The maximum absolute atomic E-state index is 12.8. The molecule has 0 bridgehead atoms. The molecule has 0 saturated carbocycles. The van der Waals surface area contributed by atoms with Crippen LogP contribution in [-0.2, 0) is 17.6 Å². The van der Waals surface area contributed by atoms with E-state index in [1.54, 1.807) is 0 Å². The fraction of sp³-hybridized carbons (Fsp3) is 0.409. The minimum absolute atomic E-state index is 0.0500. The van der Waals surface area contributed by atoms with E-state index in [1.165, 1.54) is 22.9 Å². The molecule has 1 amide bonds. The lowest BCUT2D eigenvalue weighted by Crippen LogP contribution is -2.24. The van der Waals surface area contributed by atoms with Crippen molar-refractivity contribution >= 4 is 23.4 Å². The SMILES string of the molecule is CCC(Sc1nc2c(cc1C#N)CCC2)C(=O)Nc1ccc(C(C)C)cc1. The molecule has 4 nitrogen and oxygen atoms in total. The topological polar surface area (TPSA) is 65.8 Å². The minimum Gasteiger partial charge on any atom is -0.325 e. The van der Waals surface area contributed by atoms with Crippen LogP contribution in [0.1, 0.15) is 61.9 Å². The molecule has 27 heavy (non-hydrogen) atoms. The summed E-state index contributed by atoms with van der Waals surface area (Å²) >= 11 is 1.40. The zero-order chi connectivity index (χ0) is 19.4. The van der Waals surface area contributed by atoms with E-state index >= 15 is 0 Å². The highest BCUT2D eigenvalue weighted by Crippen LogP contribution is 2.31. The molecule has 3 rings (SSSR count). The second-order valence-electron chi connectivity index (χ2n) is 7.19. The fourth-order valence-electron chi connectivity index (χ4n) is 3.25. The van der Waals surface area contributed by atoms with Crippen LogP contribution < -0.4 is 5.32 Å². The first-order chi connectivity index (χ1) is 13.0. The number of rotatable bonds is 6. The minimum atomic E-state index is -0.283. The van der Waals surface area contributed by atoms with Gasteiger partial charge in [0.15, 0.2) is 0 Å². The number of nitriles is 1. The van der Waals surface area contributed by atoms with E-state index in [4.69, 9.17) is 4.98 Å². The van der Waals surface area contributed by atoms with Crippen molar-refractivity contribution in [3.8, 4) is 6.07 Å². The number of thioether (sulfide) groups is 1. The summed E-state index contributed by atoms with van der Waals surface area (Å²) in [6.45, 7) is 6.28. The smallest absolute Gasteiger partial charge is 0.237 e. The Hall–Kier alpha value is -2.32. The molecule has 5 heteroatoms. The van der Waals surface area contributed by atoms with Gasteiger partial charge < -0.3 is 5.32 Å². The summed E-state index contributed by atoms with van der Waals surface area (Å²) in [6.07, 6.45) is 3.71. The van der Waals surface area contributed by atoms with Crippen LogP contribution in [0, 0.1) is 11.3 Å². The molecular weight excluding hydrogens is 354 g/mol. The number of aryl methyl sites for hydroxylation is 2. The van der Waals surface area contributed by atoms with Gasteiger partial charge in [-0.2, -0.15) is 5.26 Å². The number of hydrogen-bond donors (Lipinski definition) is 1. The lowest BCUT2D eigenvalue weighted by Gasteiger charge is -2.16. The lowest BCUT2D eigenvalue weighted by molar-refractivity contribution is -0.115. The van der Waals surface area contributed by atoms with Gasteiger partial charge in [-0.25, -0.2) is 4.98 Å². The van der Waals surface area contributed by atoms with Crippen LogP contribution in [0.5, 0.6) is 0 Å². The normalized spacial score (nSPS) is 13.9. The molecule has 1 aliphatic rings. The van der Waals surface area contributed by atoms with Gasteiger partial charge in [0, 0.05) is 11.4 Å². The van der Waals surface area contributed by atoms with Crippen molar-refractivity contribution in [3.63, 3.8) is 0 Å². The van der Waals surface area contributed by atoms with Crippen LogP contribution in [0.4, 0.5) is 5.69 Å². The number of carbonyl (C=O) groups excluding carboxylic acids is 1. The fourth-order valence-corrected chi connectivity index (χ4v) is 4.25. The number of hydrogen-bond acceptors (Lipinski definition) is 4. The third-order valence-corrected chi connectivity index (χ3v) is 6.26. The largest absolute Gasteiger partial charge is 0.325 e. The number of amides is 1. The number of pyridine rings is 1. The van der Waals surface area contributed by atoms with Gasteiger partial charge in [0.1, 0.15) is 11.1 Å². The average Bonchev–Trinajstić information content (AvgIpc) is 3.12. The predicted octanol–water partition coefficient (Wildman–Crippen LogP) is 5.07. The van der Waals surface area contributed by atoms with Crippen LogP contribution in [-0.4, -0.2) is 16.1 Å². The number of benzene rings is 1. The van der Waals surface area contributed by atoms with E-state index < -0.39 is 0 Å². The third kappa shape index (κ3) is 4.51. The highest BCUT2D eigenvalue weighted by atomic mass is 32.2. The lowest BCUT2D eigenvalue weighted by atomic mass is 10.0. The highest BCUT2D eigenvalue weighted by molar-refractivity contribution is 8.00. The molecule has 0 fully saturated rings. The van der Waals surface area contributed by atoms with Gasteiger partial charge in [-0.1, -0.05) is 44.7 Å². The van der Waals surface area contributed by atoms with E-state index in [2.05, 4.69) is 25.2 Å². The molecule has 140 valence electrons. The Morgan fingerprint density at radius 1 is 1.30 bits per heavy atom. The Bertz CT molecular complexity index is 868. The number of nitrogens with one attached hydrogen (secondary N) is 1. The predicted molar refractivity (Wildman–Crippen MR) is 110 cm³/mol. The maximum atomic E-state index is 12.8. The van der Waals surface area contributed by atoms with Crippen molar-refractivity contribution in [3.05, 3.63) is 52.7 Å². The van der Waals surface area contributed by atoms with E-state index in [-0.39, 0.29) is 11.2 Å². The Balaban J connectivity index is 1.73. The standard InChI is InChI=1S/C22H25N3OS/c1-4-20(21(26)24-18-10-8-15(9-11-18)14(2)3)27-22-17(13-23)12-16-6-5-7-19(16)25-22/h8-12,14,20H,4-7H2,1-3H3,(H,24,26). The summed E-state index contributed by atoms with van der Waals surface area (Å²) in [5.74, 6) is 0.412. The number of carbonyl (C=O) groups is 1. The van der Waals surface area contributed by atoms with Gasteiger partial charge in [-0.05, 0) is 60.9 Å². The molecule has 0 aliphatic heterocycles. The molecule has 1 heterocycles. The first-order valence-corrected chi connectivity index (χ1v) is 10.4.